The van der Waals surface area contributed by atoms with Crippen LogP contribution in [0.2, 0.25) is 0 Å². The molecule has 0 radical (unpaired) electrons. The maximum Gasteiger partial charge on any atom is 0.417 e. The van der Waals surface area contributed by atoms with E-state index in [2.05, 4.69) is 21.2 Å². The molecule has 1 amide bonds. The fourth-order valence-corrected chi connectivity index (χ4v) is 2.57. The van der Waals surface area contributed by atoms with Crippen molar-refractivity contribution in [1.82, 2.24) is 5.32 Å². The number of carbonyl (C=O) groups is 1. The summed E-state index contributed by atoms with van der Waals surface area (Å²) in [5, 5.41) is 2.74. The molecule has 0 heterocycles. The van der Waals surface area contributed by atoms with Gasteiger partial charge < -0.3 is 5.32 Å². The lowest BCUT2D eigenvalue weighted by Crippen LogP contribution is -2.33. The van der Waals surface area contributed by atoms with E-state index in [1.807, 2.05) is 6.92 Å². The first-order valence-corrected chi connectivity index (χ1v) is 7.24. The van der Waals surface area contributed by atoms with E-state index in [9.17, 15) is 18.0 Å². The number of hydrogen-bond donors (Lipinski definition) is 1. The Morgan fingerprint density at radius 1 is 1.45 bits per heavy atom. The zero-order chi connectivity index (χ0) is 14.9. The average molecular weight is 350 g/mol. The highest BCUT2D eigenvalue weighted by atomic mass is 79.9. The number of carbonyl (C=O) groups excluding carboxylic acids is 1. The number of halogens is 4. The van der Waals surface area contributed by atoms with Crippen molar-refractivity contribution in [2.24, 2.45) is 5.92 Å². The third kappa shape index (κ3) is 3.98. The van der Waals surface area contributed by atoms with E-state index in [0.29, 0.717) is 5.92 Å². The highest BCUT2D eigenvalue weighted by molar-refractivity contribution is 9.10. The van der Waals surface area contributed by atoms with Crippen molar-refractivity contribution >= 4 is 21.8 Å². The van der Waals surface area contributed by atoms with Crippen LogP contribution in [-0.4, -0.2) is 11.9 Å². The molecule has 1 aromatic rings. The fourth-order valence-electron chi connectivity index (χ4n) is 2.10. The minimum atomic E-state index is -4.48. The van der Waals surface area contributed by atoms with Crippen molar-refractivity contribution in [2.75, 3.05) is 0 Å². The molecule has 6 heteroatoms. The Bertz CT molecular complexity index is 512. The number of alkyl halides is 3. The first-order chi connectivity index (χ1) is 9.27. The summed E-state index contributed by atoms with van der Waals surface area (Å²) in [6, 6.07) is 3.50. The van der Waals surface area contributed by atoms with Crippen LogP contribution in [0.15, 0.2) is 22.7 Å². The lowest BCUT2D eigenvalue weighted by Gasteiger charge is -2.15. The van der Waals surface area contributed by atoms with Gasteiger partial charge in [0, 0.05) is 16.1 Å². The monoisotopic (exact) mass is 349 g/mol. The average Bonchev–Trinajstić information content (AvgIpc) is 3.11. The van der Waals surface area contributed by atoms with Gasteiger partial charge in [0.2, 0.25) is 0 Å². The molecule has 1 atom stereocenters. The summed E-state index contributed by atoms with van der Waals surface area (Å²) in [5.74, 6) is 0.192. The van der Waals surface area contributed by atoms with Crippen molar-refractivity contribution in [1.29, 1.82) is 0 Å². The second kappa shape index (κ2) is 5.76. The van der Waals surface area contributed by atoms with Crippen LogP contribution >= 0.6 is 15.9 Å². The predicted octanol–water partition coefficient (Wildman–Crippen LogP) is 4.39. The molecule has 1 unspecified atom stereocenters. The molecule has 1 aromatic carbocycles. The predicted molar refractivity (Wildman–Crippen MR) is 73.4 cm³/mol. The van der Waals surface area contributed by atoms with Gasteiger partial charge in [0.05, 0.1) is 5.56 Å². The SMILES string of the molecule is CC(CC1CC1)NC(=O)c1ccc(Br)c(C(F)(F)F)c1. The molecule has 1 aliphatic carbocycles. The lowest BCUT2D eigenvalue weighted by atomic mass is 10.1. The summed E-state index contributed by atoms with van der Waals surface area (Å²) in [7, 11) is 0. The van der Waals surface area contributed by atoms with E-state index >= 15 is 0 Å². The largest absolute Gasteiger partial charge is 0.417 e. The van der Waals surface area contributed by atoms with Crippen LogP contribution < -0.4 is 5.32 Å². The van der Waals surface area contributed by atoms with Gasteiger partial charge in [-0.15, -0.1) is 0 Å². The molecule has 20 heavy (non-hydrogen) atoms. The van der Waals surface area contributed by atoms with E-state index in [-0.39, 0.29) is 16.1 Å². The molecule has 0 saturated heterocycles. The van der Waals surface area contributed by atoms with Crippen LogP contribution in [0, 0.1) is 5.92 Å². The van der Waals surface area contributed by atoms with Gasteiger partial charge in [0.15, 0.2) is 0 Å². The molecule has 0 spiro atoms. The molecule has 1 N–H and O–H groups in total. The Hall–Kier alpha value is -1.04. The normalized spacial score (nSPS) is 16.9. The molecule has 1 aliphatic rings. The Morgan fingerprint density at radius 2 is 2.10 bits per heavy atom. The molecule has 0 bridgehead atoms. The first kappa shape index (κ1) is 15.4. The van der Waals surface area contributed by atoms with Gasteiger partial charge in [-0.25, -0.2) is 0 Å². The molecule has 110 valence electrons. The molecule has 1 saturated carbocycles. The van der Waals surface area contributed by atoms with Crippen molar-refractivity contribution in [3.8, 4) is 0 Å². The smallest absolute Gasteiger partial charge is 0.350 e. The van der Waals surface area contributed by atoms with Crippen LogP contribution in [0.4, 0.5) is 13.2 Å². The number of amides is 1. The molecular weight excluding hydrogens is 335 g/mol. The Morgan fingerprint density at radius 3 is 2.65 bits per heavy atom. The standard InChI is InChI=1S/C14H15BrF3NO/c1-8(6-9-2-3-9)19-13(20)10-4-5-12(15)11(7-10)14(16,17)18/h4-5,7-9H,2-3,6H2,1H3,(H,19,20). The molecule has 2 nitrogen and oxygen atoms in total. The highest BCUT2D eigenvalue weighted by Crippen LogP contribution is 2.35. The Labute approximate surface area is 123 Å². The molecule has 0 aromatic heterocycles. The van der Waals surface area contributed by atoms with Crippen LogP contribution in [-0.2, 0) is 6.18 Å². The molecule has 2 rings (SSSR count). The molecule has 0 aliphatic heterocycles. The number of benzene rings is 1. The van der Waals surface area contributed by atoms with Crippen LogP contribution in [0.25, 0.3) is 0 Å². The summed E-state index contributed by atoms with van der Waals surface area (Å²) in [4.78, 5) is 12.0. The number of hydrogen-bond acceptors (Lipinski definition) is 1. The Balaban J connectivity index is 2.09. The highest BCUT2D eigenvalue weighted by Gasteiger charge is 2.33. The van der Waals surface area contributed by atoms with Crippen LogP contribution in [0.5, 0.6) is 0 Å². The van der Waals surface area contributed by atoms with E-state index in [1.165, 1.54) is 25.0 Å². The maximum atomic E-state index is 12.8. The minimum Gasteiger partial charge on any atom is -0.350 e. The van der Waals surface area contributed by atoms with E-state index in [1.54, 1.807) is 0 Å². The third-order valence-electron chi connectivity index (χ3n) is 3.30. The van der Waals surface area contributed by atoms with Gasteiger partial charge in [-0.3, -0.25) is 4.79 Å². The van der Waals surface area contributed by atoms with Crippen LogP contribution in [0.1, 0.15) is 42.1 Å². The number of rotatable bonds is 4. The summed E-state index contributed by atoms with van der Waals surface area (Å²) < 4.78 is 38.3. The second-order valence-electron chi connectivity index (χ2n) is 5.25. The zero-order valence-electron chi connectivity index (χ0n) is 10.9. The van der Waals surface area contributed by atoms with Gasteiger partial charge in [-0.1, -0.05) is 28.8 Å². The van der Waals surface area contributed by atoms with E-state index in [4.69, 9.17) is 0 Å². The summed E-state index contributed by atoms with van der Waals surface area (Å²) >= 11 is 2.86. The Kier molecular flexibility index (Phi) is 4.42. The number of nitrogens with one attached hydrogen (secondary N) is 1. The maximum absolute atomic E-state index is 12.8. The van der Waals surface area contributed by atoms with Gasteiger partial charge in [-0.2, -0.15) is 13.2 Å². The first-order valence-electron chi connectivity index (χ1n) is 6.45. The van der Waals surface area contributed by atoms with E-state index in [0.717, 1.165) is 12.5 Å². The van der Waals surface area contributed by atoms with Gasteiger partial charge in [-0.05, 0) is 37.5 Å². The van der Waals surface area contributed by atoms with Crippen molar-refractivity contribution in [3.63, 3.8) is 0 Å². The quantitative estimate of drug-likeness (QED) is 0.858. The summed E-state index contributed by atoms with van der Waals surface area (Å²) in [5.41, 5.74) is -0.803. The topological polar surface area (TPSA) is 29.1 Å². The van der Waals surface area contributed by atoms with Gasteiger partial charge in [0.25, 0.3) is 5.91 Å². The second-order valence-corrected chi connectivity index (χ2v) is 6.10. The summed E-state index contributed by atoms with van der Waals surface area (Å²) in [6.45, 7) is 1.87. The van der Waals surface area contributed by atoms with Gasteiger partial charge in [0.1, 0.15) is 0 Å². The summed E-state index contributed by atoms with van der Waals surface area (Å²) in [6.07, 6.45) is -1.24. The zero-order valence-corrected chi connectivity index (χ0v) is 12.5. The molecule has 1 fully saturated rings. The van der Waals surface area contributed by atoms with Gasteiger partial charge >= 0.3 is 6.18 Å². The lowest BCUT2D eigenvalue weighted by molar-refractivity contribution is -0.138. The van der Waals surface area contributed by atoms with Crippen molar-refractivity contribution < 1.29 is 18.0 Å². The van der Waals surface area contributed by atoms with Crippen molar-refractivity contribution in [2.45, 2.75) is 38.4 Å². The minimum absolute atomic E-state index is 0.0204. The van der Waals surface area contributed by atoms with Crippen molar-refractivity contribution in [3.05, 3.63) is 33.8 Å². The van der Waals surface area contributed by atoms with Crippen LogP contribution in [0.3, 0.4) is 0 Å². The van der Waals surface area contributed by atoms with E-state index < -0.39 is 17.6 Å². The fraction of sp³-hybridized carbons (Fsp3) is 0.500. The molecular formula is C14H15BrF3NO. The third-order valence-corrected chi connectivity index (χ3v) is 3.99.